The number of benzene rings is 1. The van der Waals surface area contributed by atoms with Gasteiger partial charge in [0.25, 0.3) is 0 Å². The molecule has 0 saturated carbocycles. The van der Waals surface area contributed by atoms with E-state index in [9.17, 15) is 4.79 Å². The van der Waals surface area contributed by atoms with Crippen molar-refractivity contribution in [1.82, 2.24) is 19.6 Å². The first-order chi connectivity index (χ1) is 13.7. The predicted octanol–water partition coefficient (Wildman–Crippen LogP) is 1.37. The van der Waals surface area contributed by atoms with Crippen molar-refractivity contribution in [2.24, 2.45) is 0 Å². The number of amides is 1. The fourth-order valence-electron chi connectivity index (χ4n) is 4.28. The summed E-state index contributed by atoms with van der Waals surface area (Å²) in [5.74, 6) is 0.291. The van der Waals surface area contributed by atoms with Crippen molar-refractivity contribution in [2.45, 2.75) is 25.9 Å². The normalized spacial score (nSPS) is 22.5. The van der Waals surface area contributed by atoms with Crippen molar-refractivity contribution in [3.05, 3.63) is 35.9 Å². The van der Waals surface area contributed by atoms with Crippen molar-refractivity contribution >= 4 is 5.91 Å². The van der Waals surface area contributed by atoms with E-state index < -0.39 is 0 Å². The molecule has 2 aliphatic rings. The summed E-state index contributed by atoms with van der Waals surface area (Å²) < 4.78 is 5.23. The molecule has 6 nitrogen and oxygen atoms in total. The molecule has 156 valence electrons. The standard InChI is InChI=1S/C22H36N4O2/c1-3-21-18-24(11-12-25(21)15-16-28-2)19-22(27)26-13-9-23(10-14-26)17-20-7-5-4-6-8-20/h4-8,21H,3,9-19H2,1-2H3. The van der Waals surface area contributed by atoms with E-state index in [0.717, 1.165) is 71.9 Å². The van der Waals surface area contributed by atoms with Gasteiger partial charge in [0.1, 0.15) is 0 Å². The van der Waals surface area contributed by atoms with Gasteiger partial charge in [-0.15, -0.1) is 0 Å². The molecule has 1 unspecified atom stereocenters. The molecule has 0 aliphatic carbocycles. The molecular formula is C22H36N4O2. The van der Waals surface area contributed by atoms with Gasteiger partial charge in [-0.3, -0.25) is 19.5 Å². The summed E-state index contributed by atoms with van der Waals surface area (Å²) in [5, 5.41) is 0. The van der Waals surface area contributed by atoms with E-state index in [1.54, 1.807) is 7.11 Å². The lowest BCUT2D eigenvalue weighted by atomic mass is 10.1. The lowest BCUT2D eigenvalue weighted by Crippen LogP contribution is -2.56. The van der Waals surface area contributed by atoms with Crippen LogP contribution in [0.25, 0.3) is 0 Å². The third-order valence-corrected chi connectivity index (χ3v) is 6.08. The molecule has 0 radical (unpaired) electrons. The van der Waals surface area contributed by atoms with Gasteiger partial charge in [0.2, 0.25) is 5.91 Å². The van der Waals surface area contributed by atoms with Gasteiger partial charge in [-0.1, -0.05) is 37.3 Å². The zero-order valence-electron chi connectivity index (χ0n) is 17.6. The predicted molar refractivity (Wildman–Crippen MR) is 112 cm³/mol. The molecule has 1 aromatic rings. The molecule has 0 N–H and O–H groups in total. The second-order valence-corrected chi connectivity index (χ2v) is 7.97. The van der Waals surface area contributed by atoms with Crippen LogP contribution in [0.4, 0.5) is 0 Å². The Morgan fingerprint density at radius 3 is 2.43 bits per heavy atom. The zero-order chi connectivity index (χ0) is 19.8. The van der Waals surface area contributed by atoms with E-state index in [0.29, 0.717) is 18.5 Å². The number of carbonyl (C=O) groups is 1. The monoisotopic (exact) mass is 388 g/mol. The number of rotatable bonds is 8. The molecule has 0 bridgehead atoms. The van der Waals surface area contributed by atoms with Crippen LogP contribution >= 0.6 is 0 Å². The minimum absolute atomic E-state index is 0.291. The molecular weight excluding hydrogens is 352 g/mol. The van der Waals surface area contributed by atoms with Crippen LogP contribution in [-0.4, -0.2) is 104 Å². The zero-order valence-corrected chi connectivity index (χ0v) is 17.6. The number of nitrogens with zero attached hydrogens (tertiary/aromatic N) is 4. The van der Waals surface area contributed by atoms with Crippen LogP contribution in [-0.2, 0) is 16.1 Å². The van der Waals surface area contributed by atoms with Gasteiger partial charge in [0, 0.05) is 72.1 Å². The Hall–Kier alpha value is -1.47. The first-order valence-electron chi connectivity index (χ1n) is 10.7. The highest BCUT2D eigenvalue weighted by Crippen LogP contribution is 2.14. The maximum Gasteiger partial charge on any atom is 0.236 e. The molecule has 28 heavy (non-hydrogen) atoms. The van der Waals surface area contributed by atoms with Gasteiger partial charge in [0.15, 0.2) is 0 Å². The summed E-state index contributed by atoms with van der Waals surface area (Å²) in [6.45, 7) is 12.1. The Morgan fingerprint density at radius 2 is 1.75 bits per heavy atom. The van der Waals surface area contributed by atoms with Crippen LogP contribution in [0.3, 0.4) is 0 Å². The smallest absolute Gasteiger partial charge is 0.236 e. The third-order valence-electron chi connectivity index (χ3n) is 6.08. The van der Waals surface area contributed by atoms with Gasteiger partial charge in [-0.2, -0.15) is 0 Å². The van der Waals surface area contributed by atoms with Crippen LogP contribution in [0.15, 0.2) is 30.3 Å². The van der Waals surface area contributed by atoms with E-state index in [1.807, 2.05) is 0 Å². The van der Waals surface area contributed by atoms with Crippen molar-refractivity contribution in [2.75, 3.05) is 72.6 Å². The Balaban J connectivity index is 1.41. The van der Waals surface area contributed by atoms with E-state index in [-0.39, 0.29) is 0 Å². The molecule has 1 amide bonds. The first kappa shape index (κ1) is 21.2. The quantitative estimate of drug-likeness (QED) is 0.673. The number of hydrogen-bond acceptors (Lipinski definition) is 5. The minimum Gasteiger partial charge on any atom is -0.383 e. The molecule has 1 aromatic carbocycles. The highest BCUT2D eigenvalue weighted by Gasteiger charge is 2.28. The molecule has 2 aliphatic heterocycles. The maximum absolute atomic E-state index is 12.8. The Kier molecular flexibility index (Phi) is 8.27. The lowest BCUT2D eigenvalue weighted by Gasteiger charge is -2.42. The minimum atomic E-state index is 0.291. The number of ether oxygens (including phenoxy) is 1. The van der Waals surface area contributed by atoms with E-state index >= 15 is 0 Å². The van der Waals surface area contributed by atoms with Crippen molar-refractivity contribution in [3.8, 4) is 0 Å². The van der Waals surface area contributed by atoms with Crippen LogP contribution in [0.5, 0.6) is 0 Å². The van der Waals surface area contributed by atoms with Crippen LogP contribution in [0.2, 0.25) is 0 Å². The van der Waals surface area contributed by atoms with Crippen LogP contribution in [0.1, 0.15) is 18.9 Å². The molecule has 2 heterocycles. The molecule has 3 rings (SSSR count). The largest absolute Gasteiger partial charge is 0.383 e. The Bertz CT molecular complexity index is 589. The lowest BCUT2D eigenvalue weighted by molar-refractivity contribution is -0.135. The van der Waals surface area contributed by atoms with Crippen molar-refractivity contribution in [1.29, 1.82) is 0 Å². The van der Waals surface area contributed by atoms with Gasteiger partial charge < -0.3 is 9.64 Å². The molecule has 1 atom stereocenters. The maximum atomic E-state index is 12.8. The second-order valence-electron chi connectivity index (χ2n) is 7.97. The first-order valence-corrected chi connectivity index (χ1v) is 10.7. The summed E-state index contributed by atoms with van der Waals surface area (Å²) >= 11 is 0. The highest BCUT2D eigenvalue weighted by molar-refractivity contribution is 5.78. The summed E-state index contributed by atoms with van der Waals surface area (Å²) in [5.41, 5.74) is 1.35. The van der Waals surface area contributed by atoms with Crippen molar-refractivity contribution in [3.63, 3.8) is 0 Å². The summed E-state index contributed by atoms with van der Waals surface area (Å²) in [7, 11) is 1.76. The SMILES string of the molecule is CCC1CN(CC(=O)N2CCN(Cc3ccccc3)CC2)CCN1CCOC. The average molecular weight is 389 g/mol. The molecule has 0 aromatic heterocycles. The average Bonchev–Trinajstić information content (AvgIpc) is 2.74. The van der Waals surface area contributed by atoms with E-state index in [2.05, 4.69) is 56.9 Å². The van der Waals surface area contributed by atoms with E-state index in [4.69, 9.17) is 4.74 Å². The Morgan fingerprint density at radius 1 is 1.04 bits per heavy atom. The van der Waals surface area contributed by atoms with Gasteiger partial charge in [-0.05, 0) is 12.0 Å². The number of carbonyl (C=O) groups excluding carboxylic acids is 1. The summed E-state index contributed by atoms with van der Waals surface area (Å²) in [4.78, 5) is 22.2. The molecule has 6 heteroatoms. The summed E-state index contributed by atoms with van der Waals surface area (Å²) in [6.07, 6.45) is 1.12. The van der Waals surface area contributed by atoms with Gasteiger partial charge in [0.05, 0.1) is 13.2 Å². The fourth-order valence-corrected chi connectivity index (χ4v) is 4.28. The highest BCUT2D eigenvalue weighted by atomic mass is 16.5. The van der Waals surface area contributed by atoms with Crippen LogP contribution < -0.4 is 0 Å². The second kappa shape index (κ2) is 10.9. The topological polar surface area (TPSA) is 39.3 Å². The third kappa shape index (κ3) is 6.01. The molecule has 2 saturated heterocycles. The van der Waals surface area contributed by atoms with Crippen LogP contribution in [0, 0.1) is 0 Å². The fraction of sp³-hybridized carbons (Fsp3) is 0.682. The Labute approximate surface area is 170 Å². The number of methoxy groups -OCH3 is 1. The van der Waals surface area contributed by atoms with Gasteiger partial charge in [-0.25, -0.2) is 0 Å². The van der Waals surface area contributed by atoms with Gasteiger partial charge >= 0.3 is 0 Å². The number of piperazine rings is 2. The molecule has 0 spiro atoms. The number of hydrogen-bond donors (Lipinski definition) is 0. The van der Waals surface area contributed by atoms with E-state index in [1.165, 1.54) is 5.56 Å². The summed E-state index contributed by atoms with van der Waals surface area (Å²) in [6, 6.07) is 11.1. The molecule has 2 fully saturated rings. The van der Waals surface area contributed by atoms with Crippen molar-refractivity contribution < 1.29 is 9.53 Å².